The van der Waals surface area contributed by atoms with E-state index < -0.39 is 0 Å². The minimum absolute atomic E-state index is 0.241. The SMILES string of the molecule is Cc1ccc(/C=C/c2nnc(CCl)o2)cc1. The fourth-order valence-electron chi connectivity index (χ4n) is 1.23. The first-order valence-electron chi connectivity index (χ1n) is 4.91. The molecule has 4 heteroatoms. The van der Waals surface area contributed by atoms with Crippen molar-refractivity contribution in [1.29, 1.82) is 0 Å². The van der Waals surface area contributed by atoms with Crippen molar-refractivity contribution < 1.29 is 4.42 Å². The van der Waals surface area contributed by atoms with Crippen molar-refractivity contribution in [1.82, 2.24) is 10.2 Å². The molecule has 0 bridgehead atoms. The first kappa shape index (κ1) is 10.9. The van der Waals surface area contributed by atoms with Crippen LogP contribution in [0.25, 0.3) is 12.2 Å². The molecule has 0 aliphatic heterocycles. The normalized spacial score (nSPS) is 11.1. The Labute approximate surface area is 98.8 Å². The highest BCUT2D eigenvalue weighted by molar-refractivity contribution is 6.16. The van der Waals surface area contributed by atoms with Gasteiger partial charge in [0.25, 0.3) is 0 Å². The van der Waals surface area contributed by atoms with Crippen molar-refractivity contribution in [3.63, 3.8) is 0 Å². The van der Waals surface area contributed by atoms with Crippen LogP contribution in [0.2, 0.25) is 0 Å². The average Bonchev–Trinajstić information content (AvgIpc) is 2.76. The van der Waals surface area contributed by atoms with Crippen molar-refractivity contribution in [2.75, 3.05) is 0 Å². The molecule has 0 atom stereocenters. The van der Waals surface area contributed by atoms with Crippen molar-refractivity contribution in [3.05, 3.63) is 47.2 Å². The summed E-state index contributed by atoms with van der Waals surface area (Å²) in [6.07, 6.45) is 3.69. The zero-order valence-electron chi connectivity index (χ0n) is 8.85. The molecule has 0 unspecified atom stereocenters. The van der Waals surface area contributed by atoms with Crippen LogP contribution in [0.5, 0.6) is 0 Å². The maximum absolute atomic E-state index is 5.55. The molecule has 2 rings (SSSR count). The van der Waals surface area contributed by atoms with Crippen LogP contribution in [-0.4, -0.2) is 10.2 Å². The Balaban J connectivity index is 2.11. The van der Waals surface area contributed by atoms with Gasteiger partial charge in [0.2, 0.25) is 11.8 Å². The third-order valence-corrected chi connectivity index (χ3v) is 2.32. The summed E-state index contributed by atoms with van der Waals surface area (Å²) in [5.41, 5.74) is 2.33. The van der Waals surface area contributed by atoms with Gasteiger partial charge in [-0.05, 0) is 18.6 Å². The summed E-state index contributed by atoms with van der Waals surface area (Å²) >= 11 is 5.55. The first-order chi connectivity index (χ1) is 7.78. The fourth-order valence-corrected chi connectivity index (χ4v) is 1.34. The Morgan fingerprint density at radius 2 is 1.94 bits per heavy atom. The third kappa shape index (κ3) is 2.70. The zero-order chi connectivity index (χ0) is 11.4. The molecular weight excluding hydrogens is 224 g/mol. The van der Waals surface area contributed by atoms with E-state index in [9.17, 15) is 0 Å². The van der Waals surface area contributed by atoms with Gasteiger partial charge in [0.1, 0.15) is 5.88 Å². The number of aryl methyl sites for hydroxylation is 1. The topological polar surface area (TPSA) is 38.9 Å². The van der Waals surface area contributed by atoms with Gasteiger partial charge in [-0.3, -0.25) is 0 Å². The van der Waals surface area contributed by atoms with Gasteiger partial charge in [-0.15, -0.1) is 21.8 Å². The fraction of sp³-hybridized carbons (Fsp3) is 0.167. The number of rotatable bonds is 3. The van der Waals surface area contributed by atoms with Crippen LogP contribution in [-0.2, 0) is 5.88 Å². The molecule has 0 N–H and O–H groups in total. The van der Waals surface area contributed by atoms with E-state index in [4.69, 9.17) is 16.0 Å². The summed E-state index contributed by atoms with van der Waals surface area (Å²) < 4.78 is 5.24. The number of halogens is 1. The van der Waals surface area contributed by atoms with Gasteiger partial charge < -0.3 is 4.42 Å². The van der Waals surface area contributed by atoms with E-state index in [-0.39, 0.29) is 5.88 Å². The second kappa shape index (κ2) is 4.94. The van der Waals surface area contributed by atoms with Crippen molar-refractivity contribution in [2.45, 2.75) is 12.8 Å². The lowest BCUT2D eigenvalue weighted by molar-refractivity contribution is 0.505. The van der Waals surface area contributed by atoms with E-state index in [1.165, 1.54) is 5.56 Å². The van der Waals surface area contributed by atoms with Crippen LogP contribution >= 0.6 is 11.6 Å². The van der Waals surface area contributed by atoms with Gasteiger partial charge >= 0.3 is 0 Å². The van der Waals surface area contributed by atoms with Gasteiger partial charge in [-0.2, -0.15) is 0 Å². The predicted octanol–water partition coefficient (Wildman–Crippen LogP) is 3.29. The average molecular weight is 235 g/mol. The Bertz CT molecular complexity index is 488. The second-order valence-corrected chi connectivity index (χ2v) is 3.68. The Hall–Kier alpha value is -1.61. The van der Waals surface area contributed by atoms with E-state index in [1.807, 2.05) is 18.2 Å². The lowest BCUT2D eigenvalue weighted by atomic mass is 10.1. The lowest BCUT2D eigenvalue weighted by Crippen LogP contribution is -1.75. The molecule has 0 saturated heterocycles. The van der Waals surface area contributed by atoms with E-state index in [0.717, 1.165) is 5.56 Å². The number of alkyl halides is 1. The van der Waals surface area contributed by atoms with E-state index >= 15 is 0 Å². The maximum atomic E-state index is 5.55. The lowest BCUT2D eigenvalue weighted by Gasteiger charge is -1.93. The van der Waals surface area contributed by atoms with Gasteiger partial charge in [-0.25, -0.2) is 0 Å². The van der Waals surface area contributed by atoms with Crippen LogP contribution in [0.3, 0.4) is 0 Å². The minimum atomic E-state index is 0.241. The monoisotopic (exact) mass is 234 g/mol. The highest BCUT2D eigenvalue weighted by Crippen LogP contribution is 2.09. The molecule has 1 aromatic carbocycles. The Morgan fingerprint density at radius 1 is 1.19 bits per heavy atom. The molecular formula is C12H11ClN2O. The number of hydrogen-bond donors (Lipinski definition) is 0. The van der Waals surface area contributed by atoms with Crippen molar-refractivity contribution in [2.24, 2.45) is 0 Å². The van der Waals surface area contributed by atoms with E-state index in [0.29, 0.717) is 11.8 Å². The summed E-state index contributed by atoms with van der Waals surface area (Å²) in [6.45, 7) is 2.05. The number of benzene rings is 1. The largest absolute Gasteiger partial charge is 0.420 e. The van der Waals surface area contributed by atoms with E-state index in [2.05, 4.69) is 29.3 Å². The molecule has 0 fully saturated rings. The third-order valence-electron chi connectivity index (χ3n) is 2.09. The predicted molar refractivity (Wildman–Crippen MR) is 64.0 cm³/mol. The quantitative estimate of drug-likeness (QED) is 0.765. The molecule has 1 aromatic heterocycles. The minimum Gasteiger partial charge on any atom is -0.420 e. The van der Waals surface area contributed by atoms with E-state index in [1.54, 1.807) is 6.08 Å². The second-order valence-electron chi connectivity index (χ2n) is 3.41. The highest BCUT2D eigenvalue weighted by atomic mass is 35.5. The molecule has 2 aromatic rings. The zero-order valence-corrected chi connectivity index (χ0v) is 9.61. The molecule has 1 heterocycles. The molecule has 0 radical (unpaired) electrons. The molecule has 0 aliphatic carbocycles. The summed E-state index contributed by atoms with van der Waals surface area (Å²) in [4.78, 5) is 0. The van der Waals surface area contributed by atoms with Gasteiger partial charge in [0, 0.05) is 6.08 Å². The highest BCUT2D eigenvalue weighted by Gasteiger charge is 2.00. The van der Waals surface area contributed by atoms with Crippen LogP contribution in [0, 0.1) is 6.92 Å². The molecule has 82 valence electrons. The van der Waals surface area contributed by atoms with Crippen molar-refractivity contribution in [3.8, 4) is 0 Å². The Kier molecular flexibility index (Phi) is 3.37. The number of nitrogens with zero attached hydrogens (tertiary/aromatic N) is 2. The maximum Gasteiger partial charge on any atom is 0.240 e. The smallest absolute Gasteiger partial charge is 0.240 e. The summed E-state index contributed by atoms with van der Waals surface area (Å²) in [5, 5.41) is 7.59. The standard InChI is InChI=1S/C12H11ClN2O/c1-9-2-4-10(5-3-9)6-7-11-14-15-12(8-13)16-11/h2-7H,8H2,1H3/b7-6+. The van der Waals surface area contributed by atoms with Gasteiger partial charge in [-0.1, -0.05) is 29.8 Å². The number of aromatic nitrogens is 2. The van der Waals surface area contributed by atoms with Crippen LogP contribution in [0.1, 0.15) is 22.9 Å². The van der Waals surface area contributed by atoms with Crippen LogP contribution in [0.4, 0.5) is 0 Å². The van der Waals surface area contributed by atoms with Crippen LogP contribution < -0.4 is 0 Å². The molecule has 3 nitrogen and oxygen atoms in total. The van der Waals surface area contributed by atoms with Gasteiger partial charge in [0.15, 0.2) is 0 Å². The molecule has 0 saturated carbocycles. The van der Waals surface area contributed by atoms with Crippen molar-refractivity contribution >= 4 is 23.8 Å². The molecule has 0 amide bonds. The van der Waals surface area contributed by atoms with Gasteiger partial charge in [0.05, 0.1) is 0 Å². The summed E-state index contributed by atoms with van der Waals surface area (Å²) in [5.74, 6) is 1.15. The summed E-state index contributed by atoms with van der Waals surface area (Å²) in [7, 11) is 0. The molecule has 0 spiro atoms. The molecule has 0 aliphatic rings. The molecule has 16 heavy (non-hydrogen) atoms. The summed E-state index contributed by atoms with van der Waals surface area (Å²) in [6, 6.07) is 8.17. The van der Waals surface area contributed by atoms with Crippen LogP contribution in [0.15, 0.2) is 28.7 Å². The first-order valence-corrected chi connectivity index (χ1v) is 5.44. The number of hydrogen-bond acceptors (Lipinski definition) is 3. The Morgan fingerprint density at radius 3 is 2.56 bits per heavy atom.